The second kappa shape index (κ2) is 12.2. The number of fused-ring (bicyclic) bond motifs is 7. The molecule has 1 amide bonds. The standard InChI is InChI=1S/C39H56FNO4.CH4O/c1-34(2,3)45-33(43)41-39-18-10-11-28(39)27-14-15-31-36(6)19-16-26(24-12-13-25(29(40)23-24)32(42)44-9)35(4,5)30(36)17-20-38(31,8)37(27,7)21-22-39;1-2/h12-13,16,23,27-28,30-31H,10-11,14-15,17-22H2,1-9H3,(H,41,43);2H,1H3/t27-,28-,30?,31?,36+,37-,38-,39+;/m1./s1. The van der Waals surface area contributed by atoms with E-state index in [1.807, 2.05) is 26.8 Å². The number of hydrogen-bond donors (Lipinski definition) is 2. The second-order valence-electron chi connectivity index (χ2n) is 17.7. The Labute approximate surface area is 282 Å². The van der Waals surface area contributed by atoms with E-state index in [1.54, 1.807) is 6.07 Å². The summed E-state index contributed by atoms with van der Waals surface area (Å²) in [4.78, 5) is 25.1. The van der Waals surface area contributed by atoms with Crippen molar-refractivity contribution in [3.05, 3.63) is 41.2 Å². The molecule has 1 aromatic carbocycles. The first kappa shape index (κ1) is 35.9. The van der Waals surface area contributed by atoms with E-state index < -0.39 is 17.4 Å². The number of amides is 1. The van der Waals surface area contributed by atoms with Gasteiger partial charge in [0.05, 0.1) is 12.7 Å². The quantitative estimate of drug-likeness (QED) is 0.318. The largest absolute Gasteiger partial charge is 0.465 e. The zero-order valence-electron chi connectivity index (χ0n) is 30.6. The van der Waals surface area contributed by atoms with Crippen molar-refractivity contribution < 1.29 is 28.6 Å². The molecule has 4 saturated carbocycles. The predicted molar refractivity (Wildman–Crippen MR) is 184 cm³/mol. The Morgan fingerprint density at radius 1 is 0.894 bits per heavy atom. The van der Waals surface area contributed by atoms with Crippen LogP contribution in [-0.4, -0.2) is 42.5 Å². The first-order chi connectivity index (χ1) is 21.9. The average Bonchev–Trinajstić information content (AvgIpc) is 3.40. The van der Waals surface area contributed by atoms with Gasteiger partial charge in [-0.3, -0.25) is 0 Å². The number of rotatable bonds is 3. The Morgan fingerprint density at radius 3 is 2.23 bits per heavy atom. The van der Waals surface area contributed by atoms with Crippen molar-refractivity contribution >= 4 is 17.6 Å². The summed E-state index contributed by atoms with van der Waals surface area (Å²) in [5.74, 6) is 1.03. The lowest BCUT2D eigenvalue weighted by molar-refractivity contribution is -0.216. The Hall–Kier alpha value is -2.41. The highest BCUT2D eigenvalue weighted by Gasteiger charge is 2.69. The number of carbonyl (C=O) groups is 2. The Morgan fingerprint density at radius 2 is 1.60 bits per heavy atom. The molecule has 5 aliphatic carbocycles. The van der Waals surface area contributed by atoms with Crippen LogP contribution in [0.1, 0.15) is 136 Å². The number of carbonyl (C=O) groups excluding carboxylic acids is 2. The fraction of sp³-hybridized carbons (Fsp3) is 0.750. The maximum absolute atomic E-state index is 15.1. The van der Waals surface area contributed by atoms with Gasteiger partial charge in [0.25, 0.3) is 0 Å². The summed E-state index contributed by atoms with van der Waals surface area (Å²) in [6.07, 6.45) is 13.6. The van der Waals surface area contributed by atoms with E-state index in [-0.39, 0.29) is 38.9 Å². The molecule has 7 heteroatoms. The number of esters is 1. The summed E-state index contributed by atoms with van der Waals surface area (Å²) in [6, 6.07) is 5.00. The molecule has 2 N–H and O–H groups in total. The molecule has 0 aromatic heterocycles. The van der Waals surface area contributed by atoms with Crippen molar-refractivity contribution in [2.75, 3.05) is 14.2 Å². The van der Waals surface area contributed by atoms with Crippen LogP contribution in [0.4, 0.5) is 9.18 Å². The van der Waals surface area contributed by atoms with Crippen molar-refractivity contribution in [3.63, 3.8) is 0 Å². The number of hydrogen-bond acceptors (Lipinski definition) is 5. The SMILES string of the molecule is CO.COC(=O)c1ccc(C2=CC[C@@]3(C)C(CC[C@]4(C)C3CC[C@@H]3[C@H]5CCC[C@]5(NC(=O)OC(C)(C)C)CC[C@]34C)C2(C)C)cc1F. The van der Waals surface area contributed by atoms with Crippen molar-refractivity contribution in [2.24, 2.45) is 45.3 Å². The van der Waals surface area contributed by atoms with Gasteiger partial charge in [0, 0.05) is 12.6 Å². The summed E-state index contributed by atoms with van der Waals surface area (Å²) in [6.45, 7) is 18.3. The van der Waals surface area contributed by atoms with Crippen LogP contribution in [0.3, 0.4) is 0 Å². The normalized spacial score (nSPS) is 38.6. The van der Waals surface area contributed by atoms with Gasteiger partial charge in [0.1, 0.15) is 11.4 Å². The Kier molecular flexibility index (Phi) is 9.30. The number of alkyl carbamates (subject to hydrolysis) is 1. The molecule has 1 aromatic rings. The van der Waals surface area contributed by atoms with Crippen LogP contribution in [0.2, 0.25) is 0 Å². The highest BCUT2D eigenvalue weighted by molar-refractivity contribution is 5.90. The first-order valence-corrected chi connectivity index (χ1v) is 18.0. The predicted octanol–water partition coefficient (Wildman–Crippen LogP) is 9.35. The van der Waals surface area contributed by atoms with Crippen LogP contribution in [0.5, 0.6) is 0 Å². The molecule has 0 spiro atoms. The average molecular weight is 654 g/mol. The molecule has 262 valence electrons. The molecule has 47 heavy (non-hydrogen) atoms. The fourth-order valence-electron chi connectivity index (χ4n) is 12.3. The number of aliphatic hydroxyl groups is 1. The third kappa shape index (κ3) is 5.55. The second-order valence-corrected chi connectivity index (χ2v) is 17.7. The van der Waals surface area contributed by atoms with Crippen LogP contribution >= 0.6 is 0 Å². The molecule has 0 saturated heterocycles. The minimum atomic E-state index is -0.641. The van der Waals surface area contributed by atoms with Crippen molar-refractivity contribution in [3.8, 4) is 0 Å². The lowest BCUT2D eigenvalue weighted by Gasteiger charge is -2.72. The van der Waals surface area contributed by atoms with E-state index in [9.17, 15) is 9.59 Å². The van der Waals surface area contributed by atoms with Gasteiger partial charge in [-0.1, -0.05) is 53.2 Å². The summed E-state index contributed by atoms with van der Waals surface area (Å²) in [5, 5.41) is 10.5. The lowest BCUT2D eigenvalue weighted by Crippen LogP contribution is -2.67. The Bertz CT molecular complexity index is 1410. The smallest absolute Gasteiger partial charge is 0.408 e. The Balaban J connectivity index is 0.00000213. The van der Waals surface area contributed by atoms with E-state index in [2.05, 4.69) is 46.0 Å². The van der Waals surface area contributed by atoms with Gasteiger partial charge in [0.2, 0.25) is 0 Å². The molecule has 4 fully saturated rings. The van der Waals surface area contributed by atoms with Crippen LogP contribution in [0.25, 0.3) is 5.57 Å². The molecular formula is C40H60FNO5. The lowest BCUT2D eigenvalue weighted by atomic mass is 9.33. The van der Waals surface area contributed by atoms with E-state index in [1.165, 1.54) is 50.9 Å². The number of benzene rings is 1. The minimum Gasteiger partial charge on any atom is -0.465 e. The maximum atomic E-state index is 15.1. The molecule has 6 rings (SSSR count). The minimum absolute atomic E-state index is 0.0150. The number of nitrogens with one attached hydrogen (secondary N) is 1. The first-order valence-electron chi connectivity index (χ1n) is 18.0. The number of halogens is 1. The van der Waals surface area contributed by atoms with Crippen LogP contribution in [0, 0.1) is 51.1 Å². The fourth-order valence-corrected chi connectivity index (χ4v) is 12.3. The molecule has 0 bridgehead atoms. The number of methoxy groups -OCH3 is 1. The zero-order valence-corrected chi connectivity index (χ0v) is 30.6. The highest BCUT2D eigenvalue weighted by Crippen LogP contribution is 2.76. The van der Waals surface area contributed by atoms with Crippen LogP contribution in [-0.2, 0) is 9.47 Å². The van der Waals surface area contributed by atoms with E-state index in [0.717, 1.165) is 44.8 Å². The van der Waals surface area contributed by atoms with Gasteiger partial charge in [-0.15, -0.1) is 0 Å². The van der Waals surface area contributed by atoms with Gasteiger partial charge in [-0.05, 0) is 147 Å². The summed E-state index contributed by atoms with van der Waals surface area (Å²) < 4.78 is 25.6. The summed E-state index contributed by atoms with van der Waals surface area (Å²) >= 11 is 0. The molecule has 0 aliphatic heterocycles. The van der Waals surface area contributed by atoms with Crippen molar-refractivity contribution in [1.29, 1.82) is 0 Å². The topological polar surface area (TPSA) is 84.9 Å². The monoisotopic (exact) mass is 653 g/mol. The number of aliphatic hydroxyl groups excluding tert-OH is 1. The molecule has 6 nitrogen and oxygen atoms in total. The van der Waals surface area contributed by atoms with E-state index in [4.69, 9.17) is 14.6 Å². The molecule has 8 atom stereocenters. The maximum Gasteiger partial charge on any atom is 0.408 e. The van der Waals surface area contributed by atoms with Gasteiger partial charge >= 0.3 is 12.1 Å². The van der Waals surface area contributed by atoms with Crippen LogP contribution in [0.15, 0.2) is 24.3 Å². The highest BCUT2D eigenvalue weighted by atomic mass is 19.1. The molecule has 0 radical (unpaired) electrons. The van der Waals surface area contributed by atoms with E-state index in [0.29, 0.717) is 23.7 Å². The summed E-state index contributed by atoms with van der Waals surface area (Å²) in [7, 11) is 2.28. The van der Waals surface area contributed by atoms with Gasteiger partial charge in [0.15, 0.2) is 0 Å². The van der Waals surface area contributed by atoms with Crippen molar-refractivity contribution in [2.45, 2.75) is 131 Å². The molecule has 5 aliphatic rings. The van der Waals surface area contributed by atoms with Gasteiger partial charge in [-0.25, -0.2) is 14.0 Å². The van der Waals surface area contributed by atoms with Gasteiger partial charge < -0.3 is 19.9 Å². The molecular weight excluding hydrogens is 593 g/mol. The number of allylic oxidation sites excluding steroid dienone is 2. The van der Waals surface area contributed by atoms with Crippen molar-refractivity contribution in [1.82, 2.24) is 5.32 Å². The van der Waals surface area contributed by atoms with Gasteiger partial charge in [-0.2, -0.15) is 0 Å². The molecule has 0 heterocycles. The van der Waals surface area contributed by atoms with Crippen LogP contribution < -0.4 is 5.32 Å². The summed E-state index contributed by atoms with van der Waals surface area (Å²) in [5.41, 5.74) is 1.88. The third-order valence-electron chi connectivity index (χ3n) is 14.4. The number of ether oxygens (including phenoxy) is 2. The third-order valence-corrected chi connectivity index (χ3v) is 14.4. The molecule has 2 unspecified atom stereocenters. The zero-order chi connectivity index (χ0) is 34.8. The van der Waals surface area contributed by atoms with E-state index >= 15 is 4.39 Å².